The van der Waals surface area contributed by atoms with E-state index in [1.54, 1.807) is 26.0 Å². The molecule has 3 aromatic carbocycles. The number of nitrogens with zero attached hydrogens (tertiary/aromatic N) is 3. The topological polar surface area (TPSA) is 93.4 Å². The number of ketones is 2. The second-order valence-corrected chi connectivity index (χ2v) is 11.8. The Bertz CT molecular complexity index is 1620. The number of non-ortho nitro benzene ring substituents is 1. The van der Waals surface area contributed by atoms with Crippen LogP contribution in [0.25, 0.3) is 11.1 Å². The predicted molar refractivity (Wildman–Crippen MR) is 173 cm³/mol. The van der Waals surface area contributed by atoms with Gasteiger partial charge in [-0.3, -0.25) is 24.7 Å². The molecule has 0 bridgehead atoms. The molecule has 5 rings (SSSR count). The summed E-state index contributed by atoms with van der Waals surface area (Å²) in [4.78, 5) is 44.5. The number of carbonyl (C=O) groups is 2. The van der Waals surface area contributed by atoms with E-state index in [0.29, 0.717) is 46.5 Å². The Morgan fingerprint density at radius 1 is 0.841 bits per heavy atom. The van der Waals surface area contributed by atoms with Gasteiger partial charge >= 0.3 is 0 Å². The van der Waals surface area contributed by atoms with Crippen molar-refractivity contribution in [2.75, 3.05) is 19.6 Å². The van der Waals surface area contributed by atoms with Crippen LogP contribution >= 0.6 is 0 Å². The Balaban J connectivity index is 1.28. The number of hydrogen-bond donors (Lipinski definition) is 0. The van der Waals surface area contributed by atoms with Gasteiger partial charge in [0.2, 0.25) is 0 Å². The minimum atomic E-state index is -0.469. The number of benzene rings is 3. The lowest BCUT2D eigenvalue weighted by Gasteiger charge is -2.43. The van der Waals surface area contributed by atoms with E-state index in [9.17, 15) is 19.7 Å². The maximum absolute atomic E-state index is 13.7. The quantitative estimate of drug-likeness (QED) is 0.0764. The Labute approximate surface area is 259 Å². The molecule has 1 aromatic heterocycles. The van der Waals surface area contributed by atoms with Crippen LogP contribution in [0.3, 0.4) is 0 Å². The molecule has 0 N–H and O–H groups in total. The van der Waals surface area contributed by atoms with Crippen LogP contribution in [-0.4, -0.2) is 46.0 Å². The summed E-state index contributed by atoms with van der Waals surface area (Å²) in [6.45, 7) is 7.83. The smallest absolute Gasteiger partial charge is 0.270 e. The van der Waals surface area contributed by atoms with E-state index >= 15 is 0 Å². The van der Waals surface area contributed by atoms with Gasteiger partial charge < -0.3 is 4.90 Å². The van der Waals surface area contributed by atoms with Gasteiger partial charge in [-0.2, -0.15) is 0 Å². The number of pyridine rings is 1. The van der Waals surface area contributed by atoms with Gasteiger partial charge in [-0.1, -0.05) is 72.8 Å². The predicted octanol–water partition coefficient (Wildman–Crippen LogP) is 7.91. The van der Waals surface area contributed by atoms with E-state index in [4.69, 9.17) is 0 Å². The molecule has 226 valence electrons. The maximum atomic E-state index is 13.7. The summed E-state index contributed by atoms with van der Waals surface area (Å²) in [7, 11) is 0. The molecular formula is C37H39N3O4. The summed E-state index contributed by atoms with van der Waals surface area (Å²) in [5.41, 5.74) is 5.35. The Morgan fingerprint density at radius 2 is 1.43 bits per heavy atom. The van der Waals surface area contributed by atoms with Crippen LogP contribution in [0.5, 0.6) is 0 Å². The highest BCUT2D eigenvalue weighted by atomic mass is 16.6. The minimum absolute atomic E-state index is 0.00227. The summed E-state index contributed by atoms with van der Waals surface area (Å²) in [6.07, 6.45) is 3.97. The first-order valence-corrected chi connectivity index (χ1v) is 15.3. The fourth-order valence-electron chi connectivity index (χ4n) is 6.85. The number of nitro benzene ring substituents is 1. The van der Waals surface area contributed by atoms with E-state index in [-0.39, 0.29) is 22.7 Å². The molecule has 2 heterocycles. The highest BCUT2D eigenvalue weighted by Gasteiger charge is 2.37. The van der Waals surface area contributed by atoms with Crippen molar-refractivity contribution in [2.24, 2.45) is 0 Å². The molecule has 0 spiro atoms. The molecule has 0 radical (unpaired) electrons. The fraction of sp³-hybridized carbons (Fsp3) is 0.324. The van der Waals surface area contributed by atoms with Crippen LogP contribution in [0.15, 0.2) is 84.9 Å². The molecule has 7 heteroatoms. The number of carbonyl (C=O) groups excluding carboxylic acids is 2. The van der Waals surface area contributed by atoms with Gasteiger partial charge in [0.05, 0.1) is 4.92 Å². The molecule has 0 unspecified atom stereocenters. The van der Waals surface area contributed by atoms with Gasteiger partial charge in [0.25, 0.3) is 5.69 Å². The number of unbranched alkanes of at least 4 members (excludes halogenated alkanes) is 1. The lowest BCUT2D eigenvalue weighted by molar-refractivity contribution is -0.384. The van der Waals surface area contributed by atoms with Crippen LogP contribution in [0.1, 0.15) is 82.3 Å². The van der Waals surface area contributed by atoms with Gasteiger partial charge in [-0.25, -0.2) is 0 Å². The molecular weight excluding hydrogens is 550 g/mol. The van der Waals surface area contributed by atoms with Crippen molar-refractivity contribution in [3.63, 3.8) is 0 Å². The second-order valence-electron chi connectivity index (χ2n) is 11.8. The van der Waals surface area contributed by atoms with Gasteiger partial charge in [0.15, 0.2) is 11.6 Å². The van der Waals surface area contributed by atoms with Crippen LogP contribution in [0, 0.1) is 24.0 Å². The van der Waals surface area contributed by atoms with Crippen molar-refractivity contribution in [2.45, 2.75) is 58.3 Å². The number of piperidine rings is 1. The summed E-state index contributed by atoms with van der Waals surface area (Å²) in [5, 5.41) is 11.5. The average molecular weight is 590 g/mol. The standard InChI is InChI=1S/C37H39N3O4/c1-26-34(28(3)41)36(29-13-12-18-32(25-29)40(43)44)35(27(2)38-26)33(42)19-10-11-22-39-23-20-37(21-24-39,30-14-6-4-7-15-30)31-16-8-5-9-17-31/h4-9,12-18,25H,10-11,19-24H2,1-3H3. The third kappa shape index (κ3) is 6.38. The molecule has 0 atom stereocenters. The molecule has 0 aliphatic carbocycles. The SMILES string of the molecule is CC(=O)c1c(C)nc(C)c(C(=O)CCCCN2CCC(c3ccccc3)(c3ccccc3)CC2)c1-c1cccc([N+](=O)[O-])c1. The molecule has 4 aromatic rings. The number of nitro groups is 1. The lowest BCUT2D eigenvalue weighted by Crippen LogP contribution is -2.43. The first kappa shape index (κ1) is 31.0. The molecule has 1 saturated heterocycles. The number of hydrogen-bond acceptors (Lipinski definition) is 6. The van der Waals surface area contributed by atoms with Crippen molar-refractivity contribution >= 4 is 17.3 Å². The van der Waals surface area contributed by atoms with Crippen LogP contribution in [-0.2, 0) is 5.41 Å². The molecule has 0 amide bonds. The number of aromatic nitrogens is 1. The molecule has 1 aliphatic heterocycles. The summed E-state index contributed by atoms with van der Waals surface area (Å²) < 4.78 is 0. The zero-order valence-electron chi connectivity index (χ0n) is 25.7. The Morgan fingerprint density at radius 3 is 2.00 bits per heavy atom. The van der Waals surface area contributed by atoms with Crippen LogP contribution in [0.2, 0.25) is 0 Å². The molecule has 0 saturated carbocycles. The molecule has 1 aliphatic rings. The van der Waals surface area contributed by atoms with Crippen LogP contribution < -0.4 is 0 Å². The minimum Gasteiger partial charge on any atom is -0.303 e. The van der Waals surface area contributed by atoms with Gasteiger partial charge in [-0.15, -0.1) is 0 Å². The van der Waals surface area contributed by atoms with Crippen molar-refractivity contribution in [1.82, 2.24) is 9.88 Å². The van der Waals surface area contributed by atoms with Crippen molar-refractivity contribution < 1.29 is 14.5 Å². The van der Waals surface area contributed by atoms with Crippen LogP contribution in [0.4, 0.5) is 5.69 Å². The number of rotatable bonds is 11. The van der Waals surface area contributed by atoms with Crippen molar-refractivity contribution in [1.29, 1.82) is 0 Å². The Kier molecular flexibility index (Phi) is 9.45. The largest absolute Gasteiger partial charge is 0.303 e. The van der Waals surface area contributed by atoms with E-state index in [1.165, 1.54) is 30.2 Å². The van der Waals surface area contributed by atoms with E-state index in [2.05, 4.69) is 70.5 Å². The average Bonchev–Trinajstić information content (AvgIpc) is 3.03. The number of aryl methyl sites for hydroxylation is 2. The summed E-state index contributed by atoms with van der Waals surface area (Å²) in [6, 6.07) is 27.7. The van der Waals surface area contributed by atoms with Crippen molar-refractivity contribution in [3.05, 3.63) is 129 Å². The number of Topliss-reactive ketones (excluding diaryl/α,β-unsaturated/α-hetero) is 2. The normalized spacial score (nSPS) is 14.7. The lowest BCUT2D eigenvalue weighted by atomic mass is 9.68. The van der Waals surface area contributed by atoms with E-state index < -0.39 is 4.92 Å². The zero-order chi connectivity index (χ0) is 31.3. The molecule has 1 fully saturated rings. The first-order valence-electron chi connectivity index (χ1n) is 15.3. The zero-order valence-corrected chi connectivity index (χ0v) is 25.7. The Hall–Kier alpha value is -4.49. The second kappa shape index (κ2) is 13.4. The van der Waals surface area contributed by atoms with Crippen molar-refractivity contribution in [3.8, 4) is 11.1 Å². The van der Waals surface area contributed by atoms with E-state index in [0.717, 1.165) is 38.9 Å². The first-order chi connectivity index (χ1) is 21.2. The monoisotopic (exact) mass is 589 g/mol. The molecule has 7 nitrogen and oxygen atoms in total. The van der Waals surface area contributed by atoms with Gasteiger partial charge in [-0.05, 0) is 82.8 Å². The summed E-state index contributed by atoms with van der Waals surface area (Å²) in [5.74, 6) is -0.317. The third-order valence-corrected chi connectivity index (χ3v) is 9.03. The molecule has 44 heavy (non-hydrogen) atoms. The highest BCUT2D eigenvalue weighted by molar-refractivity contribution is 6.11. The number of likely N-dealkylation sites (tertiary alicyclic amines) is 1. The third-order valence-electron chi connectivity index (χ3n) is 9.03. The highest BCUT2D eigenvalue weighted by Crippen LogP contribution is 2.42. The maximum Gasteiger partial charge on any atom is 0.270 e. The van der Waals surface area contributed by atoms with Gasteiger partial charge in [0, 0.05) is 52.0 Å². The summed E-state index contributed by atoms with van der Waals surface area (Å²) >= 11 is 0. The van der Waals surface area contributed by atoms with E-state index in [1.807, 2.05) is 0 Å². The fourth-order valence-corrected chi connectivity index (χ4v) is 6.85. The van der Waals surface area contributed by atoms with Gasteiger partial charge in [0.1, 0.15) is 0 Å².